The van der Waals surface area contributed by atoms with Gasteiger partial charge in [0.2, 0.25) is 0 Å². The van der Waals surface area contributed by atoms with Crippen LogP contribution in [-0.2, 0) is 28.6 Å². The molecule has 1 atom stereocenters. The average molecular weight is 855 g/mol. The van der Waals surface area contributed by atoms with Crippen LogP contribution in [0.25, 0.3) is 0 Å². The maximum absolute atomic E-state index is 12.8. The van der Waals surface area contributed by atoms with Crippen molar-refractivity contribution in [1.82, 2.24) is 0 Å². The first kappa shape index (κ1) is 58.4. The van der Waals surface area contributed by atoms with Gasteiger partial charge >= 0.3 is 17.9 Å². The van der Waals surface area contributed by atoms with E-state index in [0.29, 0.717) is 19.3 Å². The predicted octanol–water partition coefficient (Wildman–Crippen LogP) is 17.1. The second-order valence-electron chi connectivity index (χ2n) is 17.4. The van der Waals surface area contributed by atoms with E-state index in [1.807, 2.05) is 0 Å². The van der Waals surface area contributed by atoms with Crippen molar-refractivity contribution in [3.63, 3.8) is 0 Å². The maximum atomic E-state index is 12.8. The summed E-state index contributed by atoms with van der Waals surface area (Å²) in [5.41, 5.74) is 0. The van der Waals surface area contributed by atoms with Gasteiger partial charge in [-0.1, -0.05) is 236 Å². The number of carbonyl (C=O) groups excluding carboxylic acids is 3. The number of hydrogen-bond donors (Lipinski definition) is 0. The molecule has 0 amide bonds. The Bertz CT molecular complexity index is 1070. The number of hydrogen-bond acceptors (Lipinski definition) is 6. The lowest BCUT2D eigenvalue weighted by Crippen LogP contribution is -2.30. The molecular formula is C55H98O6. The molecule has 0 aliphatic carbocycles. The Morgan fingerprint density at radius 1 is 0.328 bits per heavy atom. The van der Waals surface area contributed by atoms with Crippen molar-refractivity contribution in [2.75, 3.05) is 13.2 Å². The Morgan fingerprint density at radius 2 is 0.607 bits per heavy atom. The van der Waals surface area contributed by atoms with E-state index in [9.17, 15) is 14.4 Å². The van der Waals surface area contributed by atoms with Crippen molar-refractivity contribution in [3.05, 3.63) is 48.6 Å². The smallest absolute Gasteiger partial charge is 0.306 e. The molecule has 0 fully saturated rings. The van der Waals surface area contributed by atoms with Crippen LogP contribution in [0.3, 0.4) is 0 Å². The highest BCUT2D eigenvalue weighted by Crippen LogP contribution is 2.15. The summed E-state index contributed by atoms with van der Waals surface area (Å²) >= 11 is 0. The Kier molecular flexibility index (Phi) is 47.9. The SMILES string of the molecule is CCCCC/C=C\C/C=C\C/C=C\C/C=C\CCCC(=O)OC[C@H](COC(=O)CCCCCCCCCCCCCCC)OC(=O)CCCCCCCCCCCCCCC. The molecule has 0 aliphatic rings. The van der Waals surface area contributed by atoms with E-state index in [4.69, 9.17) is 14.2 Å². The summed E-state index contributed by atoms with van der Waals surface area (Å²) in [6, 6.07) is 0. The molecular weight excluding hydrogens is 757 g/mol. The van der Waals surface area contributed by atoms with Gasteiger partial charge in [0.15, 0.2) is 6.10 Å². The van der Waals surface area contributed by atoms with Crippen molar-refractivity contribution in [1.29, 1.82) is 0 Å². The van der Waals surface area contributed by atoms with Gasteiger partial charge in [0.1, 0.15) is 13.2 Å². The van der Waals surface area contributed by atoms with Crippen LogP contribution in [0, 0.1) is 0 Å². The van der Waals surface area contributed by atoms with Crippen molar-refractivity contribution < 1.29 is 28.6 Å². The number of carbonyl (C=O) groups is 3. The molecule has 6 nitrogen and oxygen atoms in total. The first-order valence-corrected chi connectivity index (χ1v) is 26.1. The van der Waals surface area contributed by atoms with E-state index >= 15 is 0 Å². The third-order valence-corrected chi connectivity index (χ3v) is 11.3. The molecule has 0 N–H and O–H groups in total. The van der Waals surface area contributed by atoms with Crippen molar-refractivity contribution in [2.24, 2.45) is 0 Å². The molecule has 6 heteroatoms. The quantitative estimate of drug-likeness (QED) is 0.0263. The van der Waals surface area contributed by atoms with Crippen LogP contribution in [0.1, 0.15) is 265 Å². The number of ether oxygens (including phenoxy) is 3. The molecule has 0 bridgehead atoms. The average Bonchev–Trinajstić information content (AvgIpc) is 3.26. The van der Waals surface area contributed by atoms with E-state index < -0.39 is 6.10 Å². The highest BCUT2D eigenvalue weighted by molar-refractivity contribution is 5.71. The van der Waals surface area contributed by atoms with Gasteiger partial charge < -0.3 is 14.2 Å². The summed E-state index contributed by atoms with van der Waals surface area (Å²) < 4.78 is 16.8. The predicted molar refractivity (Wildman–Crippen MR) is 261 cm³/mol. The summed E-state index contributed by atoms with van der Waals surface area (Å²) in [4.78, 5) is 37.9. The molecule has 0 heterocycles. The van der Waals surface area contributed by atoms with Crippen LogP contribution >= 0.6 is 0 Å². The molecule has 0 aliphatic heterocycles. The zero-order chi connectivity index (χ0) is 44.4. The van der Waals surface area contributed by atoms with Gasteiger partial charge in [0, 0.05) is 19.3 Å². The van der Waals surface area contributed by atoms with Gasteiger partial charge in [0.25, 0.3) is 0 Å². The molecule has 0 saturated carbocycles. The fraction of sp³-hybridized carbons (Fsp3) is 0.800. The number of rotatable bonds is 47. The highest BCUT2D eigenvalue weighted by Gasteiger charge is 2.19. The first-order valence-electron chi connectivity index (χ1n) is 26.1. The standard InChI is InChI=1S/C55H98O6/c1-4-7-10-13-16-19-22-25-26-27-28-31-33-36-39-42-45-48-54(57)60-51-52(61-55(58)49-46-43-40-37-34-30-24-21-18-15-12-9-6-3)50-59-53(56)47-44-41-38-35-32-29-23-20-17-14-11-8-5-2/h16,19,25-26,28,31,36,39,52H,4-15,17-18,20-24,27,29-30,32-35,37-38,40-51H2,1-3H3/b19-16-,26-25-,31-28-,39-36-/t52-/m0/s1. The van der Waals surface area contributed by atoms with E-state index in [-0.39, 0.29) is 37.5 Å². The molecule has 0 saturated heterocycles. The first-order chi connectivity index (χ1) is 30.0. The number of esters is 3. The summed E-state index contributed by atoms with van der Waals surface area (Å²) in [7, 11) is 0. The molecule has 354 valence electrons. The van der Waals surface area contributed by atoms with E-state index in [0.717, 1.165) is 64.2 Å². The zero-order valence-corrected chi connectivity index (χ0v) is 40.4. The summed E-state index contributed by atoms with van der Waals surface area (Å²) in [5.74, 6) is -0.935. The molecule has 61 heavy (non-hydrogen) atoms. The zero-order valence-electron chi connectivity index (χ0n) is 40.4. The van der Waals surface area contributed by atoms with Crippen molar-refractivity contribution in [2.45, 2.75) is 271 Å². The van der Waals surface area contributed by atoms with Gasteiger partial charge in [-0.15, -0.1) is 0 Å². The largest absolute Gasteiger partial charge is 0.462 e. The minimum absolute atomic E-state index is 0.0862. The Hall–Kier alpha value is -2.63. The second kappa shape index (κ2) is 50.0. The molecule has 0 rings (SSSR count). The normalized spacial score (nSPS) is 12.4. The molecule has 0 radical (unpaired) electrons. The van der Waals surface area contributed by atoms with Gasteiger partial charge in [-0.2, -0.15) is 0 Å². The van der Waals surface area contributed by atoms with Gasteiger partial charge in [0.05, 0.1) is 0 Å². The third kappa shape index (κ3) is 48.3. The molecule has 0 aromatic rings. The van der Waals surface area contributed by atoms with Gasteiger partial charge in [-0.25, -0.2) is 0 Å². The minimum atomic E-state index is -0.789. The lowest BCUT2D eigenvalue weighted by atomic mass is 10.0. The van der Waals surface area contributed by atoms with Crippen molar-refractivity contribution in [3.8, 4) is 0 Å². The number of unbranched alkanes of at least 4 members (excludes halogenated alkanes) is 28. The van der Waals surface area contributed by atoms with E-state index in [1.54, 1.807) is 0 Å². The van der Waals surface area contributed by atoms with Crippen LogP contribution in [0.2, 0.25) is 0 Å². The van der Waals surface area contributed by atoms with Crippen LogP contribution in [0.15, 0.2) is 48.6 Å². The number of allylic oxidation sites excluding steroid dienone is 8. The topological polar surface area (TPSA) is 78.9 Å². The fourth-order valence-corrected chi connectivity index (χ4v) is 7.38. The molecule has 0 aromatic carbocycles. The maximum Gasteiger partial charge on any atom is 0.306 e. The lowest BCUT2D eigenvalue weighted by Gasteiger charge is -2.18. The monoisotopic (exact) mass is 855 g/mol. The molecule has 0 aromatic heterocycles. The van der Waals surface area contributed by atoms with Crippen LogP contribution < -0.4 is 0 Å². The van der Waals surface area contributed by atoms with E-state index in [2.05, 4.69) is 69.4 Å². The Morgan fingerprint density at radius 3 is 0.984 bits per heavy atom. The van der Waals surface area contributed by atoms with E-state index in [1.165, 1.54) is 154 Å². The summed E-state index contributed by atoms with van der Waals surface area (Å²) in [6.45, 7) is 6.58. The van der Waals surface area contributed by atoms with Gasteiger partial charge in [-0.05, 0) is 57.8 Å². The summed E-state index contributed by atoms with van der Waals surface area (Å²) in [5, 5.41) is 0. The molecule has 0 unspecified atom stereocenters. The summed E-state index contributed by atoms with van der Waals surface area (Å²) in [6.07, 6.45) is 59.5. The lowest BCUT2D eigenvalue weighted by molar-refractivity contribution is -0.167. The second-order valence-corrected chi connectivity index (χ2v) is 17.4. The third-order valence-electron chi connectivity index (χ3n) is 11.3. The van der Waals surface area contributed by atoms with Crippen LogP contribution in [-0.4, -0.2) is 37.2 Å². The van der Waals surface area contributed by atoms with Crippen LogP contribution in [0.4, 0.5) is 0 Å². The van der Waals surface area contributed by atoms with Crippen molar-refractivity contribution >= 4 is 17.9 Å². The highest BCUT2D eigenvalue weighted by atomic mass is 16.6. The minimum Gasteiger partial charge on any atom is -0.462 e. The Labute approximate surface area is 378 Å². The van der Waals surface area contributed by atoms with Crippen LogP contribution in [0.5, 0.6) is 0 Å². The molecule has 0 spiro atoms. The van der Waals surface area contributed by atoms with Gasteiger partial charge in [-0.3, -0.25) is 14.4 Å². The fourth-order valence-electron chi connectivity index (χ4n) is 7.38. The Balaban J connectivity index is 4.43.